The van der Waals surface area contributed by atoms with Gasteiger partial charge >= 0.3 is 0 Å². The summed E-state index contributed by atoms with van der Waals surface area (Å²) in [6.07, 6.45) is 0. The van der Waals surface area contributed by atoms with Gasteiger partial charge in [0.1, 0.15) is 0 Å². The molecule has 0 amide bonds. The van der Waals surface area contributed by atoms with Gasteiger partial charge in [0.25, 0.3) is 6.47 Å². The van der Waals surface area contributed by atoms with Crippen LogP contribution >= 0.6 is 0 Å². The summed E-state index contributed by atoms with van der Waals surface area (Å²) in [5, 5.41) is 6.89. The Morgan fingerprint density at radius 2 is 1.46 bits per heavy atom. The lowest BCUT2D eigenvalue weighted by Gasteiger charge is -2.04. The van der Waals surface area contributed by atoms with Gasteiger partial charge in [0.2, 0.25) is 0 Å². The van der Waals surface area contributed by atoms with Crippen LogP contribution in [0.4, 0.5) is 0 Å². The second-order valence-electron chi connectivity index (χ2n) is 1.96. The van der Waals surface area contributed by atoms with Crippen molar-refractivity contribution in [2.45, 2.75) is 0 Å². The molecule has 0 aliphatic rings. The van der Waals surface area contributed by atoms with Crippen LogP contribution in [0.3, 0.4) is 0 Å². The lowest BCUT2D eigenvalue weighted by Crippen LogP contribution is -1.88. The summed E-state index contributed by atoms with van der Waals surface area (Å²) in [4.78, 5) is 8.36. The second kappa shape index (κ2) is 6.97. The van der Waals surface area contributed by atoms with E-state index in [0.29, 0.717) is 0 Å². The van der Waals surface area contributed by atoms with E-state index < -0.39 is 0 Å². The average Bonchev–Trinajstić information content (AvgIpc) is 2.19. The van der Waals surface area contributed by atoms with Gasteiger partial charge in [-0.25, -0.2) is 0 Å². The molecule has 0 unspecified atom stereocenters. The van der Waals surface area contributed by atoms with Gasteiger partial charge in [-0.15, -0.1) is 0 Å². The second-order valence-corrected chi connectivity index (χ2v) is 1.96. The van der Waals surface area contributed by atoms with E-state index in [9.17, 15) is 0 Å². The van der Waals surface area contributed by atoms with Crippen molar-refractivity contribution in [3.63, 3.8) is 0 Å². The molecule has 1 aromatic carbocycles. The minimum atomic E-state index is -0.250. The minimum Gasteiger partial charge on any atom is -0.493 e. The summed E-state index contributed by atoms with van der Waals surface area (Å²) in [5.41, 5.74) is 0. The molecule has 13 heavy (non-hydrogen) atoms. The van der Waals surface area contributed by atoms with Crippen molar-refractivity contribution in [1.82, 2.24) is 0 Å². The van der Waals surface area contributed by atoms with E-state index in [4.69, 9.17) is 19.4 Å². The molecule has 0 saturated carbocycles. The predicted octanol–water partition coefficient (Wildman–Crippen LogP) is 1.40. The van der Waals surface area contributed by atoms with Gasteiger partial charge in [-0.2, -0.15) is 0 Å². The maximum atomic E-state index is 8.36. The number of hydrogen-bond acceptors (Lipinski definition) is 3. The molecule has 0 aliphatic heterocycles. The van der Waals surface area contributed by atoms with Crippen LogP contribution in [0.5, 0.6) is 11.5 Å². The molecule has 1 N–H and O–H groups in total. The van der Waals surface area contributed by atoms with Crippen LogP contribution in [0, 0.1) is 0 Å². The van der Waals surface area contributed by atoms with Crippen LogP contribution < -0.4 is 9.47 Å². The Morgan fingerprint density at radius 3 is 1.69 bits per heavy atom. The van der Waals surface area contributed by atoms with E-state index in [-0.39, 0.29) is 6.47 Å². The maximum absolute atomic E-state index is 8.36. The van der Waals surface area contributed by atoms with Crippen molar-refractivity contribution in [2.75, 3.05) is 14.2 Å². The lowest BCUT2D eigenvalue weighted by molar-refractivity contribution is -0.122. The third-order valence-corrected chi connectivity index (χ3v) is 1.29. The molecule has 0 aromatic heterocycles. The Labute approximate surface area is 76.7 Å². The number of methoxy groups -OCH3 is 2. The molecule has 0 aliphatic carbocycles. The van der Waals surface area contributed by atoms with Crippen LogP contribution in [0.15, 0.2) is 24.3 Å². The quantitative estimate of drug-likeness (QED) is 0.706. The largest absolute Gasteiger partial charge is 0.493 e. The normalized spacial score (nSPS) is 7.85. The molecule has 4 heteroatoms. The van der Waals surface area contributed by atoms with Gasteiger partial charge in [-0.3, -0.25) is 4.79 Å². The number of rotatable bonds is 2. The fourth-order valence-corrected chi connectivity index (χ4v) is 0.787. The highest BCUT2D eigenvalue weighted by Gasteiger charge is 1.97. The number of carbonyl (C=O) groups is 1. The van der Waals surface area contributed by atoms with Crippen LogP contribution in [0.2, 0.25) is 0 Å². The molecule has 0 saturated heterocycles. The fraction of sp³-hybridized carbons (Fsp3) is 0.222. The summed E-state index contributed by atoms with van der Waals surface area (Å²) in [5.74, 6) is 1.54. The SMILES string of the molecule is COc1ccccc1OC.O=CO. The van der Waals surface area contributed by atoms with Gasteiger partial charge in [0.05, 0.1) is 14.2 Å². The number of ether oxygens (including phenoxy) is 2. The van der Waals surface area contributed by atoms with Crippen molar-refractivity contribution < 1.29 is 19.4 Å². The highest BCUT2D eigenvalue weighted by Crippen LogP contribution is 2.24. The highest BCUT2D eigenvalue weighted by atomic mass is 16.5. The van der Waals surface area contributed by atoms with Gasteiger partial charge < -0.3 is 14.6 Å². The van der Waals surface area contributed by atoms with Crippen molar-refractivity contribution in [1.29, 1.82) is 0 Å². The Hall–Kier alpha value is -1.71. The number of benzene rings is 1. The third-order valence-electron chi connectivity index (χ3n) is 1.29. The summed E-state index contributed by atoms with van der Waals surface area (Å²) >= 11 is 0. The molecule has 72 valence electrons. The smallest absolute Gasteiger partial charge is 0.290 e. The molecule has 1 rings (SSSR count). The topological polar surface area (TPSA) is 55.8 Å². The van der Waals surface area contributed by atoms with E-state index in [1.807, 2.05) is 24.3 Å². The molecule has 0 heterocycles. The van der Waals surface area contributed by atoms with E-state index in [1.165, 1.54) is 0 Å². The number of hydrogen-bond donors (Lipinski definition) is 1. The van der Waals surface area contributed by atoms with Crippen LogP contribution in [0.1, 0.15) is 0 Å². The first-order valence-electron chi connectivity index (χ1n) is 3.55. The van der Waals surface area contributed by atoms with E-state index in [1.54, 1.807) is 14.2 Å². The maximum Gasteiger partial charge on any atom is 0.290 e. The van der Waals surface area contributed by atoms with Crippen molar-refractivity contribution in [2.24, 2.45) is 0 Å². The lowest BCUT2D eigenvalue weighted by atomic mass is 10.3. The first kappa shape index (κ1) is 11.3. The Kier molecular flexibility index (Phi) is 6.05. The zero-order valence-electron chi connectivity index (χ0n) is 7.56. The van der Waals surface area contributed by atoms with E-state index >= 15 is 0 Å². The average molecular weight is 184 g/mol. The summed E-state index contributed by atoms with van der Waals surface area (Å²) in [6, 6.07) is 7.53. The fourth-order valence-electron chi connectivity index (χ4n) is 0.787. The molecule has 0 spiro atoms. The van der Waals surface area contributed by atoms with E-state index in [0.717, 1.165) is 11.5 Å². The molecular formula is C9H12O4. The summed E-state index contributed by atoms with van der Waals surface area (Å²) in [6.45, 7) is -0.250. The summed E-state index contributed by atoms with van der Waals surface area (Å²) < 4.78 is 10.0. The number of para-hydroxylation sites is 2. The zero-order chi connectivity index (χ0) is 10.1. The van der Waals surface area contributed by atoms with Gasteiger partial charge in [-0.1, -0.05) is 12.1 Å². The summed E-state index contributed by atoms with van der Waals surface area (Å²) in [7, 11) is 3.25. The predicted molar refractivity (Wildman–Crippen MR) is 48.2 cm³/mol. The van der Waals surface area contributed by atoms with Crippen molar-refractivity contribution in [3.05, 3.63) is 24.3 Å². The zero-order valence-corrected chi connectivity index (χ0v) is 7.56. The standard InChI is InChI=1S/C8H10O2.CH2O2/c1-9-7-5-3-4-6-8(7)10-2;2-1-3/h3-6H,1-2H3;1H,(H,2,3). The highest BCUT2D eigenvalue weighted by molar-refractivity contribution is 5.39. The van der Waals surface area contributed by atoms with Gasteiger partial charge in [-0.05, 0) is 12.1 Å². The van der Waals surface area contributed by atoms with Gasteiger partial charge in [0, 0.05) is 0 Å². The molecule has 4 nitrogen and oxygen atoms in total. The van der Waals surface area contributed by atoms with Crippen LogP contribution in [-0.2, 0) is 4.79 Å². The molecule has 0 radical (unpaired) electrons. The Bertz CT molecular complexity index is 224. The molecule has 0 fully saturated rings. The monoisotopic (exact) mass is 184 g/mol. The third kappa shape index (κ3) is 4.00. The van der Waals surface area contributed by atoms with Crippen molar-refractivity contribution in [3.8, 4) is 11.5 Å². The van der Waals surface area contributed by atoms with Gasteiger partial charge in [0.15, 0.2) is 11.5 Å². The molecule has 0 atom stereocenters. The Balaban J connectivity index is 0.000000424. The van der Waals surface area contributed by atoms with Crippen LogP contribution in [-0.4, -0.2) is 25.8 Å². The molecule has 0 bridgehead atoms. The minimum absolute atomic E-state index is 0.250. The molecule has 1 aromatic rings. The first-order chi connectivity index (χ1) is 6.29. The Morgan fingerprint density at radius 1 is 1.15 bits per heavy atom. The van der Waals surface area contributed by atoms with Crippen LogP contribution in [0.25, 0.3) is 0 Å². The van der Waals surface area contributed by atoms with E-state index in [2.05, 4.69) is 0 Å². The first-order valence-corrected chi connectivity index (χ1v) is 3.55. The molecular weight excluding hydrogens is 172 g/mol. The number of carboxylic acid groups (broad SMARTS) is 1. The van der Waals surface area contributed by atoms with Crippen molar-refractivity contribution >= 4 is 6.47 Å².